The van der Waals surface area contributed by atoms with Crippen molar-refractivity contribution in [3.8, 4) is 0 Å². The van der Waals surface area contributed by atoms with Crippen LogP contribution >= 0.6 is 24.4 Å². The van der Waals surface area contributed by atoms with Gasteiger partial charge < -0.3 is 21.7 Å². The van der Waals surface area contributed by atoms with Crippen LogP contribution in [0.4, 0.5) is 0 Å². The van der Waals surface area contributed by atoms with Crippen molar-refractivity contribution in [2.24, 2.45) is 17.3 Å². The quantitative estimate of drug-likeness (QED) is 0.284. The molecule has 1 heterocycles. The van der Waals surface area contributed by atoms with Gasteiger partial charge in [0.1, 0.15) is 0 Å². The molecular formula is C6H16N4O2S2. The molecule has 0 bridgehead atoms. The minimum atomic E-state index is -0.500. The Labute approximate surface area is 93.6 Å². The van der Waals surface area contributed by atoms with E-state index in [1.165, 1.54) is 12.8 Å². The number of nitrogens with zero attached hydrogens (tertiary/aromatic N) is 1. The van der Waals surface area contributed by atoms with E-state index >= 15 is 0 Å². The van der Waals surface area contributed by atoms with Crippen molar-refractivity contribution in [3.63, 3.8) is 0 Å². The van der Waals surface area contributed by atoms with Gasteiger partial charge >= 0.3 is 0 Å². The second kappa shape index (κ2) is 10.4. The van der Waals surface area contributed by atoms with Crippen molar-refractivity contribution in [1.82, 2.24) is 5.01 Å². The highest BCUT2D eigenvalue weighted by Crippen LogP contribution is 1.99. The number of thiocarbonyl (C=S) groups is 2. The first-order valence-corrected chi connectivity index (χ1v) is 4.64. The first-order chi connectivity index (χ1) is 6.36. The third-order valence-corrected chi connectivity index (χ3v) is 1.14. The Balaban J connectivity index is 0. The standard InChI is InChI=1S/C4H10N2.2CH3NOS/c5-6-3-1-2-4-6;2*2-1(3)4/h1-5H2;2*(H3,2,3,4). The van der Waals surface area contributed by atoms with E-state index in [-0.39, 0.29) is 0 Å². The van der Waals surface area contributed by atoms with Crippen LogP contribution in [-0.2, 0) is 0 Å². The Hall–Kier alpha value is -0.700. The Kier molecular flexibility index (Phi) is 11.7. The summed E-state index contributed by atoms with van der Waals surface area (Å²) in [5, 5.41) is 16.0. The molecule has 0 radical (unpaired) electrons. The lowest BCUT2D eigenvalue weighted by Crippen LogP contribution is -2.26. The highest BCUT2D eigenvalue weighted by atomic mass is 32.1. The summed E-state index contributed by atoms with van der Waals surface area (Å²) in [4.78, 5) is 0. The van der Waals surface area contributed by atoms with E-state index in [9.17, 15) is 0 Å². The Morgan fingerprint density at radius 3 is 1.29 bits per heavy atom. The van der Waals surface area contributed by atoms with Crippen molar-refractivity contribution >= 4 is 34.8 Å². The molecule has 0 amide bonds. The zero-order valence-corrected chi connectivity index (χ0v) is 9.35. The van der Waals surface area contributed by atoms with Gasteiger partial charge in [0.15, 0.2) is 0 Å². The van der Waals surface area contributed by atoms with Gasteiger partial charge in [0.05, 0.1) is 0 Å². The minimum absolute atomic E-state index is 0.500. The second-order valence-corrected chi connectivity index (χ2v) is 3.26. The molecule has 0 atom stereocenters. The van der Waals surface area contributed by atoms with E-state index in [0.29, 0.717) is 0 Å². The Bertz CT molecular complexity index is 153. The predicted molar refractivity (Wildman–Crippen MR) is 63.8 cm³/mol. The van der Waals surface area contributed by atoms with Crippen LogP contribution < -0.4 is 17.3 Å². The molecule has 1 rings (SSSR count). The van der Waals surface area contributed by atoms with Crippen LogP contribution in [0.25, 0.3) is 0 Å². The first-order valence-electron chi connectivity index (χ1n) is 3.82. The first kappa shape index (κ1) is 15.8. The number of aliphatic hydroxyl groups is 2. The van der Waals surface area contributed by atoms with Gasteiger partial charge in [0.25, 0.3) is 10.3 Å². The summed E-state index contributed by atoms with van der Waals surface area (Å²) >= 11 is 7.74. The van der Waals surface area contributed by atoms with Gasteiger partial charge in [-0.2, -0.15) is 0 Å². The topological polar surface area (TPSA) is 122 Å². The van der Waals surface area contributed by atoms with Crippen molar-refractivity contribution in [3.05, 3.63) is 0 Å². The molecule has 1 aliphatic rings. The van der Waals surface area contributed by atoms with Gasteiger partial charge in [0.2, 0.25) is 0 Å². The molecule has 1 aliphatic heterocycles. The van der Waals surface area contributed by atoms with Crippen molar-refractivity contribution < 1.29 is 10.2 Å². The maximum absolute atomic E-state index is 7.56. The summed E-state index contributed by atoms with van der Waals surface area (Å²) in [6, 6.07) is 0. The average Bonchev–Trinajstić information content (AvgIpc) is 2.36. The molecule has 14 heavy (non-hydrogen) atoms. The molecule has 0 aromatic carbocycles. The molecule has 84 valence electrons. The summed E-state index contributed by atoms with van der Waals surface area (Å²) in [6.45, 7) is 2.19. The van der Waals surface area contributed by atoms with Gasteiger partial charge in [-0.3, -0.25) is 5.84 Å². The molecule has 6 nitrogen and oxygen atoms in total. The van der Waals surface area contributed by atoms with Crippen LogP contribution in [0, 0.1) is 0 Å². The second-order valence-electron chi connectivity index (χ2n) is 2.42. The van der Waals surface area contributed by atoms with E-state index in [1.54, 1.807) is 0 Å². The third kappa shape index (κ3) is 30.2. The molecule has 0 saturated carbocycles. The molecule has 1 saturated heterocycles. The van der Waals surface area contributed by atoms with Crippen molar-refractivity contribution in [2.45, 2.75) is 12.8 Å². The lowest BCUT2D eigenvalue weighted by atomic mass is 10.4. The van der Waals surface area contributed by atoms with Crippen LogP contribution in [0.15, 0.2) is 0 Å². The fourth-order valence-electron chi connectivity index (χ4n) is 0.742. The fraction of sp³-hybridized carbons (Fsp3) is 0.667. The van der Waals surface area contributed by atoms with E-state index in [4.69, 9.17) is 16.1 Å². The molecule has 0 aromatic heterocycles. The summed E-state index contributed by atoms with van der Waals surface area (Å²) in [5.74, 6) is 5.37. The highest BCUT2D eigenvalue weighted by Gasteiger charge is 2.03. The molecule has 0 unspecified atom stereocenters. The van der Waals surface area contributed by atoms with E-state index in [1.807, 2.05) is 5.01 Å². The number of hydrazine groups is 1. The summed E-state index contributed by atoms with van der Waals surface area (Å²) < 4.78 is 0. The summed E-state index contributed by atoms with van der Waals surface area (Å²) in [5.41, 5.74) is 8.80. The van der Waals surface area contributed by atoms with Crippen LogP contribution in [0.3, 0.4) is 0 Å². The monoisotopic (exact) mass is 240 g/mol. The normalized spacial score (nSPS) is 14.4. The van der Waals surface area contributed by atoms with Crippen molar-refractivity contribution in [1.29, 1.82) is 0 Å². The van der Waals surface area contributed by atoms with Crippen molar-refractivity contribution in [2.75, 3.05) is 13.1 Å². The van der Waals surface area contributed by atoms with E-state index in [2.05, 4.69) is 35.9 Å². The number of hydrogen-bond donors (Lipinski definition) is 5. The minimum Gasteiger partial charge on any atom is -0.487 e. The zero-order valence-electron chi connectivity index (χ0n) is 7.72. The summed E-state index contributed by atoms with van der Waals surface area (Å²) in [7, 11) is 0. The molecule has 0 aliphatic carbocycles. The van der Waals surface area contributed by atoms with E-state index in [0.717, 1.165) is 13.1 Å². The van der Waals surface area contributed by atoms with Gasteiger partial charge in [-0.15, -0.1) is 0 Å². The van der Waals surface area contributed by atoms with Gasteiger partial charge in [-0.05, 0) is 37.3 Å². The smallest absolute Gasteiger partial charge is 0.251 e. The van der Waals surface area contributed by atoms with Gasteiger partial charge in [-0.1, -0.05) is 0 Å². The molecular weight excluding hydrogens is 224 g/mol. The highest BCUT2D eigenvalue weighted by molar-refractivity contribution is 7.80. The number of rotatable bonds is 0. The maximum Gasteiger partial charge on any atom is 0.251 e. The lowest BCUT2D eigenvalue weighted by Gasteiger charge is -2.01. The van der Waals surface area contributed by atoms with Gasteiger partial charge in [-0.25, -0.2) is 5.01 Å². The molecule has 8 heteroatoms. The zero-order chi connectivity index (χ0) is 11.6. The fourth-order valence-corrected chi connectivity index (χ4v) is 0.742. The molecule has 0 aromatic rings. The third-order valence-electron chi connectivity index (χ3n) is 1.14. The Morgan fingerprint density at radius 1 is 1.00 bits per heavy atom. The average molecular weight is 240 g/mol. The Morgan fingerprint density at radius 2 is 1.21 bits per heavy atom. The van der Waals surface area contributed by atoms with Crippen LogP contribution in [0.2, 0.25) is 0 Å². The maximum atomic E-state index is 7.56. The summed E-state index contributed by atoms with van der Waals surface area (Å²) in [6.07, 6.45) is 2.58. The molecule has 8 N–H and O–H groups in total. The van der Waals surface area contributed by atoms with Crippen LogP contribution in [-0.4, -0.2) is 38.7 Å². The van der Waals surface area contributed by atoms with Crippen LogP contribution in [0.1, 0.15) is 12.8 Å². The molecule has 0 spiro atoms. The van der Waals surface area contributed by atoms with Gasteiger partial charge in [0, 0.05) is 13.1 Å². The van der Waals surface area contributed by atoms with E-state index < -0.39 is 10.3 Å². The number of nitrogens with two attached hydrogens (primary N) is 3. The number of hydrogen-bond acceptors (Lipinski definition) is 4. The predicted octanol–water partition coefficient (Wildman–Crippen LogP) is -0.468. The number of aliphatic hydroxyl groups excluding tert-OH is 2. The molecule has 1 fully saturated rings. The SMILES string of the molecule is NC(O)=S.NC(O)=S.NN1CCCC1. The lowest BCUT2D eigenvalue weighted by molar-refractivity contribution is 0.355. The van der Waals surface area contributed by atoms with Crippen LogP contribution in [0.5, 0.6) is 0 Å². The largest absolute Gasteiger partial charge is 0.487 e.